The first kappa shape index (κ1) is 13.9. The minimum atomic E-state index is -0.240. The van der Waals surface area contributed by atoms with Gasteiger partial charge in [-0.15, -0.1) is 0 Å². The molecule has 0 heterocycles. The van der Waals surface area contributed by atoms with Crippen LogP contribution in [-0.2, 0) is 14.3 Å². The van der Waals surface area contributed by atoms with Gasteiger partial charge in [-0.2, -0.15) is 0 Å². The van der Waals surface area contributed by atoms with E-state index in [1.807, 2.05) is 0 Å². The van der Waals surface area contributed by atoms with E-state index in [-0.39, 0.29) is 24.9 Å². The Balaban J connectivity index is 3.29. The first-order valence-corrected chi connectivity index (χ1v) is 5.27. The molecule has 0 radical (unpaired) electrons. The van der Waals surface area contributed by atoms with Crippen LogP contribution in [0.25, 0.3) is 0 Å². The van der Waals surface area contributed by atoms with Crippen molar-refractivity contribution in [3.05, 3.63) is 0 Å². The summed E-state index contributed by atoms with van der Waals surface area (Å²) in [5.74, 6) is -0.359. The van der Waals surface area contributed by atoms with Gasteiger partial charge in [-0.25, -0.2) is 0 Å². The lowest BCUT2D eigenvalue weighted by molar-refractivity contribution is -0.144. The molecule has 0 unspecified atom stereocenters. The van der Waals surface area contributed by atoms with E-state index in [0.29, 0.717) is 13.0 Å². The van der Waals surface area contributed by atoms with E-state index < -0.39 is 0 Å². The highest BCUT2D eigenvalue weighted by Gasteiger charge is 2.04. The Kier molecular flexibility index (Phi) is 8.76. The summed E-state index contributed by atoms with van der Waals surface area (Å²) >= 11 is 0. The molecule has 1 amide bonds. The molecule has 5 heteroatoms. The van der Waals surface area contributed by atoms with Crippen LogP contribution in [0.3, 0.4) is 0 Å². The number of ether oxygens (including phenoxy) is 1. The monoisotopic (exact) mass is 216 g/mol. The summed E-state index contributed by atoms with van der Waals surface area (Å²) in [4.78, 5) is 21.9. The highest BCUT2D eigenvalue weighted by Crippen LogP contribution is 2.00. The van der Waals surface area contributed by atoms with Gasteiger partial charge in [-0.1, -0.05) is 6.42 Å². The fraction of sp³-hybridized carbons (Fsp3) is 0.800. The fourth-order valence-electron chi connectivity index (χ4n) is 1.05. The smallest absolute Gasteiger partial charge is 0.305 e. The van der Waals surface area contributed by atoms with Crippen molar-refractivity contribution in [2.75, 3.05) is 20.2 Å². The molecule has 0 aliphatic heterocycles. The average molecular weight is 216 g/mol. The number of hydrogen-bond acceptors (Lipinski definition) is 4. The zero-order chi connectivity index (χ0) is 11.5. The molecule has 0 spiro atoms. The molecule has 0 atom stereocenters. The minimum Gasteiger partial charge on any atom is -0.465 e. The van der Waals surface area contributed by atoms with Crippen molar-refractivity contribution in [1.82, 2.24) is 5.32 Å². The maximum Gasteiger partial charge on any atom is 0.305 e. The minimum absolute atomic E-state index is 0.120. The Bertz CT molecular complexity index is 195. The number of esters is 1. The standard InChI is InChI=1S/C10H20N2O3/c1-12-9(13)6-8-15-10(14)5-3-2-4-7-11/h2-8,11H2,1H3,(H,12,13). The molecule has 0 saturated heterocycles. The molecule has 0 aromatic heterocycles. The van der Waals surface area contributed by atoms with Crippen LogP contribution in [0.4, 0.5) is 0 Å². The third-order valence-electron chi connectivity index (χ3n) is 1.96. The molecule has 0 rings (SSSR count). The number of unbranched alkanes of at least 4 members (excludes halogenated alkanes) is 2. The van der Waals surface area contributed by atoms with Crippen molar-refractivity contribution >= 4 is 11.9 Å². The Morgan fingerprint density at radius 1 is 1.20 bits per heavy atom. The second-order valence-electron chi connectivity index (χ2n) is 3.24. The summed E-state index contributed by atoms with van der Waals surface area (Å²) < 4.78 is 4.86. The zero-order valence-corrected chi connectivity index (χ0v) is 9.25. The molecule has 0 fully saturated rings. The highest BCUT2D eigenvalue weighted by molar-refractivity contribution is 5.76. The lowest BCUT2D eigenvalue weighted by Gasteiger charge is -2.03. The Labute approximate surface area is 90.4 Å². The maximum atomic E-state index is 11.1. The summed E-state index contributed by atoms with van der Waals surface area (Å²) in [6, 6.07) is 0. The van der Waals surface area contributed by atoms with Crippen LogP contribution in [0, 0.1) is 0 Å². The van der Waals surface area contributed by atoms with Gasteiger partial charge in [-0.05, 0) is 19.4 Å². The molecule has 0 saturated carbocycles. The predicted molar refractivity (Wildman–Crippen MR) is 57.2 cm³/mol. The van der Waals surface area contributed by atoms with Crippen LogP contribution in [0.2, 0.25) is 0 Å². The van der Waals surface area contributed by atoms with Gasteiger partial charge in [0.2, 0.25) is 5.91 Å². The number of rotatable bonds is 8. The summed E-state index contributed by atoms with van der Waals surface area (Å²) in [6.45, 7) is 0.821. The van der Waals surface area contributed by atoms with E-state index in [0.717, 1.165) is 19.3 Å². The number of carbonyl (C=O) groups is 2. The van der Waals surface area contributed by atoms with E-state index in [2.05, 4.69) is 5.32 Å². The van der Waals surface area contributed by atoms with E-state index in [1.54, 1.807) is 7.05 Å². The number of hydrogen-bond donors (Lipinski definition) is 2. The van der Waals surface area contributed by atoms with Crippen molar-refractivity contribution in [2.45, 2.75) is 32.1 Å². The van der Waals surface area contributed by atoms with Crippen LogP contribution in [0.1, 0.15) is 32.1 Å². The van der Waals surface area contributed by atoms with Crippen molar-refractivity contribution in [2.24, 2.45) is 5.73 Å². The highest BCUT2D eigenvalue weighted by atomic mass is 16.5. The van der Waals surface area contributed by atoms with Crippen LogP contribution < -0.4 is 11.1 Å². The van der Waals surface area contributed by atoms with Crippen molar-refractivity contribution in [1.29, 1.82) is 0 Å². The van der Waals surface area contributed by atoms with Crippen molar-refractivity contribution in [3.8, 4) is 0 Å². The quantitative estimate of drug-likeness (QED) is 0.448. The van der Waals surface area contributed by atoms with Gasteiger partial charge in [-0.3, -0.25) is 9.59 Å². The normalized spacial score (nSPS) is 9.73. The van der Waals surface area contributed by atoms with Gasteiger partial charge in [0.15, 0.2) is 0 Å². The second kappa shape index (κ2) is 9.45. The lowest BCUT2D eigenvalue weighted by atomic mass is 10.2. The second-order valence-corrected chi connectivity index (χ2v) is 3.24. The van der Waals surface area contributed by atoms with Crippen LogP contribution >= 0.6 is 0 Å². The first-order valence-electron chi connectivity index (χ1n) is 5.27. The first-order chi connectivity index (χ1) is 7.20. The number of amides is 1. The maximum absolute atomic E-state index is 11.1. The van der Waals surface area contributed by atoms with Gasteiger partial charge in [0.05, 0.1) is 6.42 Å². The molecular weight excluding hydrogens is 196 g/mol. The van der Waals surface area contributed by atoms with E-state index >= 15 is 0 Å². The topological polar surface area (TPSA) is 81.4 Å². The van der Waals surface area contributed by atoms with E-state index in [4.69, 9.17) is 10.5 Å². The molecule has 3 N–H and O–H groups in total. The lowest BCUT2D eigenvalue weighted by Crippen LogP contribution is -2.20. The van der Waals surface area contributed by atoms with E-state index in [1.165, 1.54) is 0 Å². The fourth-order valence-corrected chi connectivity index (χ4v) is 1.05. The summed E-state index contributed by atoms with van der Waals surface area (Å²) in [5, 5.41) is 2.45. The van der Waals surface area contributed by atoms with E-state index in [9.17, 15) is 9.59 Å². The molecular formula is C10H20N2O3. The van der Waals surface area contributed by atoms with Gasteiger partial charge in [0.25, 0.3) is 0 Å². The molecule has 0 aliphatic carbocycles. The van der Waals surface area contributed by atoms with Crippen LogP contribution in [0.5, 0.6) is 0 Å². The molecule has 0 aromatic rings. The third-order valence-corrected chi connectivity index (χ3v) is 1.96. The largest absolute Gasteiger partial charge is 0.465 e. The van der Waals surface area contributed by atoms with Gasteiger partial charge in [0, 0.05) is 13.5 Å². The number of carbonyl (C=O) groups excluding carboxylic acids is 2. The Morgan fingerprint density at radius 2 is 1.93 bits per heavy atom. The number of nitrogens with one attached hydrogen (secondary N) is 1. The van der Waals surface area contributed by atoms with Gasteiger partial charge >= 0.3 is 5.97 Å². The summed E-state index contributed by atoms with van der Waals surface area (Å²) in [6.07, 6.45) is 3.32. The summed E-state index contributed by atoms with van der Waals surface area (Å²) in [5.41, 5.74) is 5.31. The third kappa shape index (κ3) is 9.21. The van der Waals surface area contributed by atoms with Gasteiger partial charge in [0.1, 0.15) is 6.61 Å². The predicted octanol–water partition coefficient (Wildman–Crippen LogP) is 0.185. The molecule has 5 nitrogen and oxygen atoms in total. The van der Waals surface area contributed by atoms with Crippen LogP contribution in [-0.4, -0.2) is 32.1 Å². The Hall–Kier alpha value is -1.10. The van der Waals surface area contributed by atoms with Crippen LogP contribution in [0.15, 0.2) is 0 Å². The molecule has 0 bridgehead atoms. The molecule has 0 aliphatic rings. The molecule has 88 valence electrons. The SMILES string of the molecule is CNC(=O)CCOC(=O)CCCCCN. The average Bonchev–Trinajstić information content (AvgIpc) is 2.24. The van der Waals surface area contributed by atoms with Crippen molar-refractivity contribution in [3.63, 3.8) is 0 Å². The summed E-state index contributed by atoms with van der Waals surface area (Å²) in [7, 11) is 1.55. The van der Waals surface area contributed by atoms with Gasteiger partial charge < -0.3 is 15.8 Å². The molecule has 15 heavy (non-hydrogen) atoms. The Morgan fingerprint density at radius 3 is 2.53 bits per heavy atom. The molecule has 0 aromatic carbocycles. The number of nitrogens with two attached hydrogens (primary N) is 1. The zero-order valence-electron chi connectivity index (χ0n) is 9.25. The van der Waals surface area contributed by atoms with Crippen molar-refractivity contribution < 1.29 is 14.3 Å².